The van der Waals surface area contributed by atoms with Crippen LogP contribution in [0.1, 0.15) is 25.2 Å². The van der Waals surface area contributed by atoms with Gasteiger partial charge in [-0.25, -0.2) is 9.86 Å². The van der Waals surface area contributed by atoms with Gasteiger partial charge in [0.2, 0.25) is 0 Å². The van der Waals surface area contributed by atoms with Crippen LogP contribution in [0.4, 0.5) is 0 Å². The van der Waals surface area contributed by atoms with Gasteiger partial charge < -0.3 is 0 Å². The van der Waals surface area contributed by atoms with E-state index in [1.807, 2.05) is 13.8 Å². The minimum Gasteiger partial charge on any atom is -0.275 e. The van der Waals surface area contributed by atoms with Crippen molar-refractivity contribution in [2.75, 3.05) is 6.61 Å². The summed E-state index contributed by atoms with van der Waals surface area (Å²) < 4.78 is 2.82. The Morgan fingerprint density at radius 1 is 1.38 bits per heavy atom. The maximum absolute atomic E-state index is 12.5. The zero-order valence-electron chi connectivity index (χ0n) is 15.0. The summed E-state index contributed by atoms with van der Waals surface area (Å²) in [6.45, 7) is 10.1. The summed E-state index contributed by atoms with van der Waals surface area (Å²) in [6, 6.07) is 5.18. The number of rotatable bonds is 5. The van der Waals surface area contributed by atoms with E-state index in [4.69, 9.17) is 16.4 Å². The lowest BCUT2D eigenvalue weighted by atomic mass is 9.95. The summed E-state index contributed by atoms with van der Waals surface area (Å²) in [5.41, 5.74) is 0.501. The molecule has 0 N–H and O–H groups in total. The minimum absolute atomic E-state index is 0.0762. The molecule has 7 nitrogen and oxygen atoms in total. The van der Waals surface area contributed by atoms with Crippen molar-refractivity contribution in [3.63, 3.8) is 0 Å². The molecule has 0 spiro atoms. The van der Waals surface area contributed by atoms with Crippen LogP contribution in [-0.4, -0.2) is 31.9 Å². The highest BCUT2D eigenvalue weighted by molar-refractivity contribution is 6.31. The second-order valence-corrected chi connectivity index (χ2v) is 7.32. The van der Waals surface area contributed by atoms with Crippen LogP contribution in [0.5, 0.6) is 0 Å². The third-order valence-corrected chi connectivity index (χ3v) is 4.69. The maximum Gasteiger partial charge on any atom is 0.351 e. The highest BCUT2D eigenvalue weighted by Crippen LogP contribution is 2.30. The maximum atomic E-state index is 12.5. The summed E-state index contributed by atoms with van der Waals surface area (Å²) >= 11 is 6.38. The SMILES string of the molecule is C=CCn1c(C)nn(-c2ccc(CN3OCC(C)(C)C3=O)c(Cl)c2)c1=O. The van der Waals surface area contributed by atoms with Crippen molar-refractivity contribution < 1.29 is 9.63 Å². The molecule has 0 aliphatic carbocycles. The standard InChI is InChI=1S/C18H21ClN4O3/c1-5-8-21-12(2)20-23(17(21)25)14-7-6-13(15(19)9-14)10-22-16(24)18(3,4)11-26-22/h5-7,9H,1,8,10-11H2,2-4H3. The lowest BCUT2D eigenvalue weighted by Gasteiger charge is -2.17. The molecule has 1 amide bonds. The number of allylic oxidation sites excluding steroid dienone is 1. The van der Waals surface area contributed by atoms with Gasteiger partial charge in [-0.05, 0) is 38.5 Å². The van der Waals surface area contributed by atoms with E-state index in [1.54, 1.807) is 31.2 Å². The fourth-order valence-corrected chi connectivity index (χ4v) is 3.00. The van der Waals surface area contributed by atoms with Gasteiger partial charge in [-0.15, -0.1) is 6.58 Å². The quantitative estimate of drug-likeness (QED) is 0.752. The molecule has 1 saturated heterocycles. The molecule has 3 rings (SSSR count). The van der Waals surface area contributed by atoms with Crippen LogP contribution in [0.2, 0.25) is 5.02 Å². The van der Waals surface area contributed by atoms with Crippen molar-refractivity contribution in [3.05, 3.63) is 57.7 Å². The van der Waals surface area contributed by atoms with Crippen molar-refractivity contribution in [1.82, 2.24) is 19.4 Å². The summed E-state index contributed by atoms with van der Waals surface area (Å²) in [6.07, 6.45) is 1.64. The van der Waals surface area contributed by atoms with Gasteiger partial charge in [0.05, 0.1) is 24.3 Å². The summed E-state index contributed by atoms with van der Waals surface area (Å²) in [7, 11) is 0. The van der Waals surface area contributed by atoms with E-state index < -0.39 is 5.41 Å². The zero-order chi connectivity index (χ0) is 19.1. The molecule has 1 fully saturated rings. The van der Waals surface area contributed by atoms with Crippen LogP contribution in [0, 0.1) is 12.3 Å². The molecule has 138 valence electrons. The second-order valence-electron chi connectivity index (χ2n) is 6.92. The molecule has 2 aromatic rings. The Morgan fingerprint density at radius 2 is 2.12 bits per heavy atom. The predicted molar refractivity (Wildman–Crippen MR) is 98.1 cm³/mol. The normalized spacial score (nSPS) is 16.3. The third kappa shape index (κ3) is 3.20. The smallest absolute Gasteiger partial charge is 0.275 e. The molecule has 1 aliphatic heterocycles. The Morgan fingerprint density at radius 3 is 2.69 bits per heavy atom. The lowest BCUT2D eigenvalue weighted by molar-refractivity contribution is -0.165. The van der Waals surface area contributed by atoms with Crippen LogP contribution in [-0.2, 0) is 22.7 Å². The third-order valence-electron chi connectivity index (χ3n) is 4.34. The first-order valence-corrected chi connectivity index (χ1v) is 8.63. The molecule has 26 heavy (non-hydrogen) atoms. The van der Waals surface area contributed by atoms with Crippen molar-refractivity contribution in [1.29, 1.82) is 0 Å². The topological polar surface area (TPSA) is 69.4 Å². The first-order chi connectivity index (χ1) is 12.2. The van der Waals surface area contributed by atoms with E-state index in [0.717, 1.165) is 5.56 Å². The van der Waals surface area contributed by atoms with Gasteiger partial charge in [-0.1, -0.05) is 23.7 Å². The van der Waals surface area contributed by atoms with E-state index in [9.17, 15) is 9.59 Å². The molecule has 1 aliphatic rings. The van der Waals surface area contributed by atoms with Crippen molar-refractivity contribution in [2.45, 2.75) is 33.9 Å². The average Bonchev–Trinajstić information content (AvgIpc) is 3.01. The van der Waals surface area contributed by atoms with Gasteiger partial charge in [0.25, 0.3) is 5.91 Å². The van der Waals surface area contributed by atoms with Gasteiger partial charge in [0.1, 0.15) is 5.82 Å². The number of benzene rings is 1. The molecule has 2 heterocycles. The van der Waals surface area contributed by atoms with Crippen LogP contribution in [0.15, 0.2) is 35.6 Å². The number of carbonyl (C=O) groups is 1. The summed E-state index contributed by atoms with van der Waals surface area (Å²) in [4.78, 5) is 30.2. The van der Waals surface area contributed by atoms with Crippen LogP contribution in [0.3, 0.4) is 0 Å². The Bertz CT molecular complexity index is 929. The minimum atomic E-state index is -0.532. The van der Waals surface area contributed by atoms with E-state index >= 15 is 0 Å². The Kier molecular flexibility index (Phi) is 4.77. The van der Waals surface area contributed by atoms with Gasteiger partial charge in [-0.3, -0.25) is 14.2 Å². The highest BCUT2D eigenvalue weighted by atomic mass is 35.5. The fraction of sp³-hybridized carbons (Fsp3) is 0.389. The number of carbonyl (C=O) groups excluding carboxylic acids is 1. The predicted octanol–water partition coefficient (Wildman–Crippen LogP) is 2.48. The Hall–Kier alpha value is -2.38. The molecule has 0 atom stereocenters. The van der Waals surface area contributed by atoms with Gasteiger partial charge in [0.15, 0.2) is 0 Å². The second kappa shape index (κ2) is 6.74. The number of hydrogen-bond acceptors (Lipinski definition) is 4. The van der Waals surface area contributed by atoms with E-state index in [2.05, 4.69) is 11.7 Å². The molecular weight excluding hydrogens is 356 g/mol. The summed E-state index contributed by atoms with van der Waals surface area (Å²) in [5.74, 6) is 0.515. The zero-order valence-corrected chi connectivity index (χ0v) is 15.8. The number of amides is 1. The molecule has 0 unspecified atom stereocenters. The van der Waals surface area contributed by atoms with Crippen molar-refractivity contribution in [2.24, 2.45) is 5.41 Å². The first-order valence-electron chi connectivity index (χ1n) is 8.25. The first kappa shape index (κ1) is 18.4. The number of hydrogen-bond donors (Lipinski definition) is 0. The van der Waals surface area contributed by atoms with E-state index in [1.165, 1.54) is 14.3 Å². The number of aryl methyl sites for hydroxylation is 1. The molecule has 0 bridgehead atoms. The largest absolute Gasteiger partial charge is 0.351 e. The van der Waals surface area contributed by atoms with Crippen LogP contribution in [0.25, 0.3) is 5.69 Å². The van der Waals surface area contributed by atoms with E-state index in [-0.39, 0.29) is 18.1 Å². The molecule has 0 saturated carbocycles. The molecule has 1 aromatic carbocycles. The van der Waals surface area contributed by atoms with Gasteiger partial charge >= 0.3 is 5.69 Å². The number of aromatic nitrogens is 3. The van der Waals surface area contributed by atoms with Crippen LogP contribution < -0.4 is 5.69 Å². The number of nitrogens with zero attached hydrogens (tertiary/aromatic N) is 4. The number of halogens is 1. The summed E-state index contributed by atoms with van der Waals surface area (Å²) in [5, 5.41) is 6.04. The number of hydroxylamine groups is 2. The average molecular weight is 377 g/mol. The van der Waals surface area contributed by atoms with E-state index in [0.29, 0.717) is 29.7 Å². The molecule has 1 aromatic heterocycles. The van der Waals surface area contributed by atoms with Crippen LogP contribution >= 0.6 is 11.6 Å². The monoisotopic (exact) mass is 376 g/mol. The van der Waals surface area contributed by atoms with Crippen molar-refractivity contribution >= 4 is 17.5 Å². The lowest BCUT2D eigenvalue weighted by Crippen LogP contribution is -2.30. The van der Waals surface area contributed by atoms with Gasteiger partial charge in [-0.2, -0.15) is 9.78 Å². The molecule has 0 radical (unpaired) electrons. The molecular formula is C18H21ClN4O3. The fourth-order valence-electron chi connectivity index (χ4n) is 2.77. The Labute approximate surface area is 156 Å². The Balaban J connectivity index is 1.87. The van der Waals surface area contributed by atoms with Gasteiger partial charge in [0, 0.05) is 11.6 Å². The van der Waals surface area contributed by atoms with Crippen molar-refractivity contribution in [3.8, 4) is 5.69 Å². The molecule has 8 heteroatoms. The highest BCUT2D eigenvalue weighted by Gasteiger charge is 2.40.